The number of hydrogen-bond acceptors (Lipinski definition) is 6. The fraction of sp³-hybridized carbons (Fsp3) is 0.712. The van der Waals surface area contributed by atoms with E-state index in [9.17, 15) is 14.4 Å². The Hall–Kier alpha value is -3.93. The van der Waals surface area contributed by atoms with E-state index in [0.717, 1.165) is 103 Å². The summed E-state index contributed by atoms with van der Waals surface area (Å²) in [6.45, 7) is 6.40. The van der Waals surface area contributed by atoms with E-state index in [-0.39, 0.29) is 37.5 Å². The molecule has 0 saturated heterocycles. The molecule has 0 aromatic rings. The molecule has 0 fully saturated rings. The highest BCUT2D eigenvalue weighted by Crippen LogP contribution is 2.17. The van der Waals surface area contributed by atoms with Crippen LogP contribution in [0, 0.1) is 0 Å². The van der Waals surface area contributed by atoms with Crippen LogP contribution in [0.15, 0.2) is 109 Å². The Morgan fingerprint density at radius 2 is 0.506 bits per heavy atom. The van der Waals surface area contributed by atoms with Crippen LogP contribution in [0.2, 0.25) is 0 Å². The lowest BCUT2D eigenvalue weighted by Crippen LogP contribution is -2.30. The van der Waals surface area contributed by atoms with Crippen LogP contribution >= 0.6 is 0 Å². The maximum absolute atomic E-state index is 12.9. The first kappa shape index (κ1) is 75.1. The lowest BCUT2D eigenvalue weighted by atomic mass is 10.0. The molecule has 0 spiro atoms. The van der Waals surface area contributed by atoms with Crippen LogP contribution in [-0.4, -0.2) is 37.2 Å². The van der Waals surface area contributed by atoms with Gasteiger partial charge >= 0.3 is 17.9 Å². The predicted octanol–water partition coefficient (Wildman–Crippen LogP) is 23.0. The predicted molar refractivity (Wildman–Crippen MR) is 343 cm³/mol. The second-order valence-corrected chi connectivity index (χ2v) is 22.0. The number of esters is 3. The topological polar surface area (TPSA) is 78.9 Å². The molecule has 452 valence electrons. The zero-order chi connectivity index (χ0) is 57.1. The molecule has 0 rings (SSSR count). The van der Waals surface area contributed by atoms with Gasteiger partial charge in [0.15, 0.2) is 6.10 Å². The molecule has 0 aromatic carbocycles. The summed E-state index contributed by atoms with van der Waals surface area (Å²) < 4.78 is 16.9. The maximum Gasteiger partial charge on any atom is 0.306 e. The number of allylic oxidation sites excluding steroid dienone is 18. The number of hydrogen-bond donors (Lipinski definition) is 0. The molecule has 6 heteroatoms. The summed E-state index contributed by atoms with van der Waals surface area (Å²) in [5.41, 5.74) is 0. The number of ether oxygens (including phenoxy) is 3. The van der Waals surface area contributed by atoms with Crippen molar-refractivity contribution in [1.82, 2.24) is 0 Å². The van der Waals surface area contributed by atoms with E-state index >= 15 is 0 Å². The minimum absolute atomic E-state index is 0.0972. The zero-order valence-electron chi connectivity index (χ0n) is 51.9. The van der Waals surface area contributed by atoms with Gasteiger partial charge in [-0.3, -0.25) is 14.4 Å². The molecule has 6 nitrogen and oxygen atoms in total. The van der Waals surface area contributed by atoms with Gasteiger partial charge in [0.2, 0.25) is 0 Å². The van der Waals surface area contributed by atoms with Crippen molar-refractivity contribution in [2.45, 2.75) is 322 Å². The largest absolute Gasteiger partial charge is 0.462 e. The molecule has 1 unspecified atom stereocenters. The van der Waals surface area contributed by atoms with Gasteiger partial charge in [-0.1, -0.05) is 310 Å². The minimum atomic E-state index is -0.807. The first-order valence-corrected chi connectivity index (χ1v) is 33.4. The average Bonchev–Trinajstić information content (AvgIpc) is 3.45. The lowest BCUT2D eigenvalue weighted by Gasteiger charge is -2.18. The second-order valence-electron chi connectivity index (χ2n) is 22.0. The molecule has 0 aromatic heterocycles. The molecule has 1 atom stereocenters. The highest BCUT2D eigenvalue weighted by Gasteiger charge is 2.19. The monoisotopic (exact) mass is 1100 g/mol. The normalized spacial score (nSPS) is 12.8. The Labute approximate surface area is 489 Å². The quantitative estimate of drug-likeness (QED) is 0.0261. The Balaban J connectivity index is 4.30. The molecule has 0 radical (unpaired) electrons. The summed E-state index contributed by atoms with van der Waals surface area (Å²) in [5, 5.41) is 0. The van der Waals surface area contributed by atoms with Crippen molar-refractivity contribution in [3.63, 3.8) is 0 Å². The van der Waals surface area contributed by atoms with Crippen molar-refractivity contribution in [3.8, 4) is 0 Å². The average molecular weight is 1100 g/mol. The fourth-order valence-corrected chi connectivity index (χ4v) is 9.35. The van der Waals surface area contributed by atoms with Crippen LogP contribution in [0.3, 0.4) is 0 Å². The molecular weight excluding hydrogens is 973 g/mol. The summed E-state index contributed by atoms with van der Waals surface area (Å²) in [4.78, 5) is 38.3. The van der Waals surface area contributed by atoms with Gasteiger partial charge in [-0.15, -0.1) is 0 Å². The van der Waals surface area contributed by atoms with E-state index in [1.807, 2.05) is 0 Å². The third-order valence-electron chi connectivity index (χ3n) is 14.3. The minimum Gasteiger partial charge on any atom is -0.462 e. The zero-order valence-corrected chi connectivity index (χ0v) is 51.9. The van der Waals surface area contributed by atoms with Crippen molar-refractivity contribution in [1.29, 1.82) is 0 Å². The molecule has 0 N–H and O–H groups in total. The SMILES string of the molecule is CC/C=C\C/C=C\C/C=C\C/C=C\C/C=C\CCCC(=O)OC(COC(=O)CCCCCCCCCCCCCCCCC)COC(=O)CCCCCCCCCCCCCCCCCC/C=C\C/C=C\C/C=C\C/C=C\CC. The van der Waals surface area contributed by atoms with Crippen molar-refractivity contribution in [2.75, 3.05) is 13.2 Å². The standard InChI is InChI=1S/C73H124O6/c1-4-7-10-13-16-19-22-25-28-30-31-32-33-34-35-36-37-38-39-40-41-43-45-48-51-54-57-60-63-66-72(75)78-69-70(68-77-71(74)65-62-59-56-53-50-47-44-27-24-21-18-15-12-9-6-3)79-73(76)67-64-61-58-55-52-49-46-42-29-26-23-20-17-14-11-8-5-2/h7-8,10-11,16-17,19-20,25-26,28-29,31-32,46,49,55,58,70H,4-6,9,12-15,18,21-24,27,30,33-45,47-48,50-54,56-57,59-69H2,1-3H3/b10-7-,11-8-,19-16-,20-17-,28-25-,29-26-,32-31-,49-46-,58-55-. The summed E-state index contributed by atoms with van der Waals surface area (Å²) in [6.07, 6.45) is 91.1. The van der Waals surface area contributed by atoms with Crippen LogP contribution in [-0.2, 0) is 28.6 Å². The van der Waals surface area contributed by atoms with Gasteiger partial charge in [-0.25, -0.2) is 0 Å². The highest BCUT2D eigenvalue weighted by molar-refractivity contribution is 5.71. The van der Waals surface area contributed by atoms with Gasteiger partial charge in [-0.2, -0.15) is 0 Å². The van der Waals surface area contributed by atoms with Gasteiger partial charge in [0.1, 0.15) is 13.2 Å². The van der Waals surface area contributed by atoms with E-state index in [2.05, 4.69) is 130 Å². The molecule has 0 amide bonds. The second kappa shape index (κ2) is 66.6. The van der Waals surface area contributed by atoms with Gasteiger partial charge in [0.25, 0.3) is 0 Å². The maximum atomic E-state index is 12.9. The summed E-state index contributed by atoms with van der Waals surface area (Å²) in [5.74, 6) is -0.944. The number of carbonyl (C=O) groups excluding carboxylic acids is 3. The van der Waals surface area contributed by atoms with Crippen LogP contribution in [0.1, 0.15) is 316 Å². The van der Waals surface area contributed by atoms with Crippen molar-refractivity contribution in [2.24, 2.45) is 0 Å². The smallest absolute Gasteiger partial charge is 0.306 e. The number of carbonyl (C=O) groups is 3. The molecular formula is C73H124O6. The number of rotatable bonds is 60. The summed E-state index contributed by atoms with van der Waals surface area (Å²) in [7, 11) is 0. The van der Waals surface area contributed by atoms with Gasteiger partial charge in [0, 0.05) is 19.3 Å². The Morgan fingerprint density at radius 3 is 0.810 bits per heavy atom. The van der Waals surface area contributed by atoms with Crippen LogP contribution in [0.4, 0.5) is 0 Å². The van der Waals surface area contributed by atoms with Crippen molar-refractivity contribution < 1.29 is 28.6 Å². The van der Waals surface area contributed by atoms with E-state index < -0.39 is 6.10 Å². The molecule has 0 saturated carbocycles. The molecule has 0 aliphatic heterocycles. The summed E-state index contributed by atoms with van der Waals surface area (Å²) >= 11 is 0. The lowest BCUT2D eigenvalue weighted by molar-refractivity contribution is -0.167. The first-order chi connectivity index (χ1) is 39.0. The summed E-state index contributed by atoms with van der Waals surface area (Å²) in [6, 6.07) is 0. The third-order valence-corrected chi connectivity index (χ3v) is 14.3. The molecule has 0 aliphatic carbocycles. The van der Waals surface area contributed by atoms with Crippen LogP contribution < -0.4 is 0 Å². The van der Waals surface area contributed by atoms with E-state index in [1.165, 1.54) is 167 Å². The molecule has 0 heterocycles. The first-order valence-electron chi connectivity index (χ1n) is 33.4. The fourth-order valence-electron chi connectivity index (χ4n) is 9.35. The Bertz CT molecular complexity index is 1590. The third kappa shape index (κ3) is 64.8. The Morgan fingerprint density at radius 1 is 0.266 bits per heavy atom. The molecule has 0 bridgehead atoms. The van der Waals surface area contributed by atoms with Gasteiger partial charge in [-0.05, 0) is 96.3 Å². The highest BCUT2D eigenvalue weighted by atomic mass is 16.6. The Kier molecular flexibility index (Phi) is 63.3. The van der Waals surface area contributed by atoms with E-state index in [1.54, 1.807) is 0 Å². The molecule has 79 heavy (non-hydrogen) atoms. The van der Waals surface area contributed by atoms with Crippen molar-refractivity contribution >= 4 is 17.9 Å². The van der Waals surface area contributed by atoms with Crippen molar-refractivity contribution in [3.05, 3.63) is 109 Å². The van der Waals surface area contributed by atoms with Crippen LogP contribution in [0.25, 0.3) is 0 Å². The van der Waals surface area contributed by atoms with Gasteiger partial charge in [0.05, 0.1) is 0 Å². The van der Waals surface area contributed by atoms with E-state index in [4.69, 9.17) is 14.2 Å². The van der Waals surface area contributed by atoms with Crippen LogP contribution in [0.5, 0.6) is 0 Å². The van der Waals surface area contributed by atoms with Gasteiger partial charge < -0.3 is 14.2 Å². The number of unbranched alkanes of at least 4 members (excludes halogenated alkanes) is 31. The molecule has 0 aliphatic rings. The van der Waals surface area contributed by atoms with E-state index in [0.29, 0.717) is 19.3 Å².